The average molecular weight is 351 g/mol. The molecule has 5 heteroatoms. The summed E-state index contributed by atoms with van der Waals surface area (Å²) in [5.74, 6) is -0.755. The minimum Gasteiger partial charge on any atom is -0.464 e. The number of carbonyl (C=O) groups is 2. The number of ether oxygens (including phenoxy) is 1. The summed E-state index contributed by atoms with van der Waals surface area (Å²) in [6.07, 6.45) is 0.649. The number of carbonyl (C=O) groups excluding carboxylic acids is 2. The Morgan fingerprint density at radius 3 is 2.54 bits per heavy atom. The second-order valence-electron chi connectivity index (χ2n) is 6.45. The summed E-state index contributed by atoms with van der Waals surface area (Å²) in [5, 5.41) is 0.878. The number of esters is 1. The number of aryl methyl sites for hydroxylation is 1. The van der Waals surface area contributed by atoms with Gasteiger partial charge < -0.3 is 14.1 Å². The van der Waals surface area contributed by atoms with Crippen molar-refractivity contribution in [2.45, 2.75) is 19.4 Å². The first-order chi connectivity index (χ1) is 12.5. The van der Waals surface area contributed by atoms with Crippen LogP contribution in [-0.4, -0.2) is 30.9 Å². The van der Waals surface area contributed by atoms with Crippen molar-refractivity contribution in [2.75, 3.05) is 14.1 Å². The Hall–Kier alpha value is -3.08. The number of furan rings is 1. The van der Waals surface area contributed by atoms with Crippen molar-refractivity contribution in [3.05, 3.63) is 71.5 Å². The second kappa shape index (κ2) is 7.44. The van der Waals surface area contributed by atoms with E-state index in [0.717, 1.165) is 22.1 Å². The Morgan fingerprint density at radius 2 is 1.85 bits per heavy atom. The maximum Gasteiger partial charge on any atom is 0.311 e. The molecule has 5 nitrogen and oxygen atoms in total. The van der Waals surface area contributed by atoms with Gasteiger partial charge >= 0.3 is 5.97 Å². The Balaban J connectivity index is 1.80. The fourth-order valence-electron chi connectivity index (χ4n) is 2.78. The molecule has 26 heavy (non-hydrogen) atoms. The van der Waals surface area contributed by atoms with Gasteiger partial charge in [0, 0.05) is 30.6 Å². The summed E-state index contributed by atoms with van der Waals surface area (Å²) in [5.41, 5.74) is 3.21. The van der Waals surface area contributed by atoms with Gasteiger partial charge in [-0.15, -0.1) is 0 Å². The number of rotatable bonds is 5. The van der Waals surface area contributed by atoms with E-state index >= 15 is 0 Å². The van der Waals surface area contributed by atoms with Crippen molar-refractivity contribution < 1.29 is 18.7 Å². The number of hydrogen-bond donors (Lipinski definition) is 0. The highest BCUT2D eigenvalue weighted by atomic mass is 16.5. The van der Waals surface area contributed by atoms with Crippen LogP contribution >= 0.6 is 0 Å². The fraction of sp³-hybridized carbons (Fsp3) is 0.238. The maximum atomic E-state index is 12.5. The molecule has 134 valence electrons. The molecule has 0 unspecified atom stereocenters. The van der Waals surface area contributed by atoms with E-state index in [0.29, 0.717) is 5.56 Å². The van der Waals surface area contributed by atoms with Crippen molar-refractivity contribution in [3.8, 4) is 0 Å². The van der Waals surface area contributed by atoms with Crippen molar-refractivity contribution in [1.82, 2.24) is 4.90 Å². The molecule has 2 aromatic carbocycles. The molecule has 1 aromatic heterocycles. The zero-order valence-corrected chi connectivity index (χ0v) is 15.1. The minimum absolute atomic E-state index is 0.0418. The lowest BCUT2D eigenvalue weighted by Crippen LogP contribution is -2.31. The highest BCUT2D eigenvalue weighted by Gasteiger charge is 2.26. The summed E-state index contributed by atoms with van der Waals surface area (Å²) < 4.78 is 11.1. The van der Waals surface area contributed by atoms with Crippen molar-refractivity contribution in [1.29, 1.82) is 0 Å². The van der Waals surface area contributed by atoms with Crippen LogP contribution in [0.25, 0.3) is 11.0 Å². The van der Waals surface area contributed by atoms with Crippen LogP contribution in [0.3, 0.4) is 0 Å². The Bertz CT molecular complexity index is 928. The maximum absolute atomic E-state index is 12.5. The molecule has 0 saturated carbocycles. The molecule has 1 atom stereocenters. The largest absolute Gasteiger partial charge is 0.464 e. The molecular formula is C21H21NO4. The highest BCUT2D eigenvalue weighted by Crippen LogP contribution is 2.25. The Kier molecular flexibility index (Phi) is 5.07. The van der Waals surface area contributed by atoms with E-state index in [1.807, 2.05) is 43.3 Å². The second-order valence-corrected chi connectivity index (χ2v) is 6.45. The molecule has 0 bridgehead atoms. The van der Waals surface area contributed by atoms with Gasteiger partial charge in [-0.05, 0) is 18.6 Å². The molecule has 0 aliphatic heterocycles. The lowest BCUT2D eigenvalue weighted by atomic mass is 10.1. The predicted octanol–water partition coefficient (Wildman–Crippen LogP) is 3.66. The lowest BCUT2D eigenvalue weighted by Gasteiger charge is -2.21. The zero-order valence-electron chi connectivity index (χ0n) is 15.1. The number of hydrogen-bond acceptors (Lipinski definition) is 4. The number of amides is 1. The van der Waals surface area contributed by atoms with E-state index in [-0.39, 0.29) is 12.3 Å². The molecule has 3 aromatic rings. The van der Waals surface area contributed by atoms with Gasteiger partial charge in [0.15, 0.2) is 0 Å². The van der Waals surface area contributed by atoms with Crippen LogP contribution in [0.5, 0.6) is 0 Å². The van der Waals surface area contributed by atoms with E-state index in [4.69, 9.17) is 9.15 Å². The SMILES string of the molecule is Cc1ccc2c(CC(=O)O[C@@H](C(=O)N(C)C)c3ccccc3)coc2c1. The first-order valence-electron chi connectivity index (χ1n) is 8.38. The molecular weight excluding hydrogens is 330 g/mol. The smallest absolute Gasteiger partial charge is 0.311 e. The Labute approximate surface area is 152 Å². The number of benzene rings is 2. The van der Waals surface area contributed by atoms with Crippen LogP contribution in [0.1, 0.15) is 22.8 Å². The highest BCUT2D eigenvalue weighted by molar-refractivity contribution is 5.88. The third-order valence-corrected chi connectivity index (χ3v) is 4.16. The standard InChI is InChI=1S/C21H21NO4/c1-14-9-10-17-16(13-25-18(17)11-14)12-19(23)26-20(21(24)22(2)3)15-7-5-4-6-8-15/h4-11,13,20H,12H2,1-3H3/t20-/m1/s1. The number of nitrogens with zero attached hydrogens (tertiary/aromatic N) is 1. The molecule has 0 fully saturated rings. The van der Waals surface area contributed by atoms with Crippen LogP contribution < -0.4 is 0 Å². The topological polar surface area (TPSA) is 59.8 Å². The molecule has 0 N–H and O–H groups in total. The quantitative estimate of drug-likeness (QED) is 0.658. The zero-order chi connectivity index (χ0) is 18.7. The van der Waals surface area contributed by atoms with E-state index in [1.54, 1.807) is 32.5 Å². The first kappa shape index (κ1) is 17.7. The predicted molar refractivity (Wildman–Crippen MR) is 98.6 cm³/mol. The van der Waals surface area contributed by atoms with Crippen LogP contribution in [0.4, 0.5) is 0 Å². The molecule has 0 radical (unpaired) electrons. The van der Waals surface area contributed by atoms with E-state index in [9.17, 15) is 9.59 Å². The third kappa shape index (κ3) is 3.77. The van der Waals surface area contributed by atoms with Gasteiger partial charge in [0.1, 0.15) is 5.58 Å². The summed E-state index contributed by atoms with van der Waals surface area (Å²) >= 11 is 0. The number of fused-ring (bicyclic) bond motifs is 1. The summed E-state index contributed by atoms with van der Waals surface area (Å²) in [6.45, 7) is 1.98. The monoisotopic (exact) mass is 351 g/mol. The van der Waals surface area contributed by atoms with Gasteiger partial charge in [-0.25, -0.2) is 0 Å². The molecule has 0 spiro atoms. The molecule has 0 saturated heterocycles. The first-order valence-corrected chi connectivity index (χ1v) is 8.38. The lowest BCUT2D eigenvalue weighted by molar-refractivity contribution is -0.159. The minimum atomic E-state index is -0.959. The van der Waals surface area contributed by atoms with Gasteiger partial charge in [-0.3, -0.25) is 9.59 Å². The molecule has 1 amide bonds. The van der Waals surface area contributed by atoms with Crippen LogP contribution in [0.2, 0.25) is 0 Å². The summed E-state index contributed by atoms with van der Waals surface area (Å²) in [7, 11) is 3.27. The van der Waals surface area contributed by atoms with Crippen molar-refractivity contribution in [2.24, 2.45) is 0 Å². The van der Waals surface area contributed by atoms with E-state index in [1.165, 1.54) is 4.90 Å². The van der Waals surface area contributed by atoms with Gasteiger partial charge in [0.25, 0.3) is 5.91 Å². The normalized spacial score (nSPS) is 12.0. The van der Waals surface area contributed by atoms with Crippen LogP contribution in [0.15, 0.2) is 59.2 Å². The fourth-order valence-corrected chi connectivity index (χ4v) is 2.78. The molecule has 0 aliphatic carbocycles. The molecule has 3 rings (SSSR count). The van der Waals surface area contributed by atoms with Crippen molar-refractivity contribution >= 4 is 22.8 Å². The van der Waals surface area contributed by atoms with Gasteiger partial charge in [0.05, 0.1) is 12.7 Å². The Morgan fingerprint density at radius 1 is 1.12 bits per heavy atom. The summed E-state index contributed by atoms with van der Waals surface area (Å²) in [6, 6.07) is 14.8. The van der Waals surface area contributed by atoms with Gasteiger partial charge in [-0.2, -0.15) is 0 Å². The summed E-state index contributed by atoms with van der Waals surface area (Å²) in [4.78, 5) is 26.4. The van der Waals surface area contributed by atoms with E-state index < -0.39 is 12.1 Å². The van der Waals surface area contributed by atoms with Crippen LogP contribution in [-0.2, 0) is 20.7 Å². The van der Waals surface area contributed by atoms with Crippen molar-refractivity contribution in [3.63, 3.8) is 0 Å². The van der Waals surface area contributed by atoms with Gasteiger partial charge in [-0.1, -0.05) is 42.5 Å². The average Bonchev–Trinajstić information content (AvgIpc) is 3.01. The third-order valence-electron chi connectivity index (χ3n) is 4.16. The van der Waals surface area contributed by atoms with Gasteiger partial charge in [0.2, 0.25) is 6.10 Å². The molecule has 1 heterocycles. The molecule has 0 aliphatic rings. The van der Waals surface area contributed by atoms with Crippen LogP contribution in [0, 0.1) is 6.92 Å². The van der Waals surface area contributed by atoms with E-state index in [2.05, 4.69) is 0 Å². The number of likely N-dealkylation sites (N-methyl/N-ethyl adjacent to an activating group) is 1.